The van der Waals surface area contributed by atoms with Gasteiger partial charge < -0.3 is 10.6 Å². The highest BCUT2D eigenvalue weighted by atomic mass is 19.1. The monoisotopic (exact) mass is 399 g/mol. The van der Waals surface area contributed by atoms with Crippen LogP contribution in [0.25, 0.3) is 0 Å². The number of benzene rings is 1. The highest BCUT2D eigenvalue weighted by Gasteiger charge is 2.28. The summed E-state index contributed by atoms with van der Waals surface area (Å²) in [6.45, 7) is -0.737. The van der Waals surface area contributed by atoms with Gasteiger partial charge in [-0.05, 0) is 37.1 Å². The first-order chi connectivity index (χ1) is 13.8. The summed E-state index contributed by atoms with van der Waals surface area (Å²) in [4.78, 5) is 50.3. The molecule has 0 atom stereocenters. The molecule has 29 heavy (non-hydrogen) atoms. The topological polar surface area (TPSA) is 131 Å². The fraction of sp³-hybridized carbons (Fsp3) is 0.316. The Kier molecular flexibility index (Phi) is 5.59. The summed E-state index contributed by atoms with van der Waals surface area (Å²) in [5.74, 6) is -1.83. The summed E-state index contributed by atoms with van der Waals surface area (Å²) in [6, 6.07) is 6.61. The molecule has 1 aromatic heterocycles. The van der Waals surface area contributed by atoms with Crippen LogP contribution < -0.4 is 21.9 Å². The number of nitrogens with zero attached hydrogens (tertiary/aromatic N) is 4. The lowest BCUT2D eigenvalue weighted by atomic mass is 10.2. The SMILES string of the molecule is N#Cc1cn(C2CC2)c(=O)n(CC(=O)N(CCC(N)=O)c2ccc(F)cc2)c1=O. The van der Waals surface area contributed by atoms with Gasteiger partial charge in [-0.3, -0.25) is 19.0 Å². The van der Waals surface area contributed by atoms with Crippen LogP contribution in [0.4, 0.5) is 10.1 Å². The van der Waals surface area contributed by atoms with E-state index < -0.39 is 35.4 Å². The molecule has 0 aliphatic heterocycles. The van der Waals surface area contributed by atoms with E-state index in [0.29, 0.717) is 4.57 Å². The van der Waals surface area contributed by atoms with Gasteiger partial charge in [-0.15, -0.1) is 0 Å². The molecule has 1 fully saturated rings. The predicted molar refractivity (Wildman–Crippen MR) is 101 cm³/mol. The number of hydrogen-bond donors (Lipinski definition) is 1. The predicted octanol–water partition coefficient (Wildman–Crippen LogP) is 0.264. The minimum atomic E-state index is -0.864. The smallest absolute Gasteiger partial charge is 0.331 e. The van der Waals surface area contributed by atoms with E-state index >= 15 is 0 Å². The van der Waals surface area contributed by atoms with E-state index in [-0.39, 0.29) is 30.3 Å². The second kappa shape index (κ2) is 8.10. The molecular weight excluding hydrogens is 381 g/mol. The molecule has 0 bridgehead atoms. The van der Waals surface area contributed by atoms with Crippen LogP contribution in [0.15, 0.2) is 40.1 Å². The fourth-order valence-corrected chi connectivity index (χ4v) is 2.91. The molecule has 9 nitrogen and oxygen atoms in total. The molecule has 0 unspecified atom stereocenters. The maximum Gasteiger partial charge on any atom is 0.331 e. The van der Waals surface area contributed by atoms with Crippen LogP contribution in [-0.2, 0) is 16.1 Å². The highest BCUT2D eigenvalue weighted by Crippen LogP contribution is 2.33. The third-order valence-electron chi connectivity index (χ3n) is 4.57. The maximum absolute atomic E-state index is 13.2. The second-order valence-electron chi connectivity index (χ2n) is 6.70. The molecule has 1 aliphatic rings. The Hall–Kier alpha value is -3.74. The number of rotatable bonds is 7. The lowest BCUT2D eigenvalue weighted by Gasteiger charge is -2.23. The first kappa shape index (κ1) is 20.0. The number of anilines is 1. The molecular formula is C19H18FN5O4. The minimum absolute atomic E-state index is 0.0976. The van der Waals surface area contributed by atoms with Crippen molar-refractivity contribution in [3.8, 4) is 6.07 Å². The molecule has 1 heterocycles. The number of carbonyl (C=O) groups excluding carboxylic acids is 2. The minimum Gasteiger partial charge on any atom is -0.370 e. The standard InChI is InChI=1S/C19H18FN5O4/c20-13-1-3-14(4-2-13)23(8-7-16(22)26)17(27)11-25-18(28)12(9-21)10-24(19(25)29)15-5-6-15/h1-4,10,15H,5-8,11H2,(H2,22,26). The van der Waals surface area contributed by atoms with E-state index in [0.717, 1.165) is 29.9 Å². The number of hydrogen-bond acceptors (Lipinski definition) is 5. The van der Waals surface area contributed by atoms with Crippen molar-refractivity contribution in [2.45, 2.75) is 31.8 Å². The van der Waals surface area contributed by atoms with Gasteiger partial charge in [0.25, 0.3) is 5.56 Å². The van der Waals surface area contributed by atoms with Crippen molar-refractivity contribution < 1.29 is 14.0 Å². The van der Waals surface area contributed by atoms with Gasteiger partial charge in [0.05, 0.1) is 0 Å². The van der Waals surface area contributed by atoms with Gasteiger partial charge in [-0.2, -0.15) is 5.26 Å². The van der Waals surface area contributed by atoms with Crippen molar-refractivity contribution >= 4 is 17.5 Å². The van der Waals surface area contributed by atoms with Gasteiger partial charge in [-0.25, -0.2) is 13.8 Å². The normalized spacial score (nSPS) is 13.0. The maximum atomic E-state index is 13.2. The first-order valence-electron chi connectivity index (χ1n) is 8.92. The van der Waals surface area contributed by atoms with E-state index in [9.17, 15) is 28.8 Å². The number of nitriles is 1. The number of carbonyl (C=O) groups is 2. The molecule has 150 valence electrons. The van der Waals surface area contributed by atoms with Crippen LogP contribution >= 0.6 is 0 Å². The van der Waals surface area contributed by atoms with E-state index in [2.05, 4.69) is 0 Å². The summed E-state index contributed by atoms with van der Waals surface area (Å²) in [7, 11) is 0. The number of amides is 2. The van der Waals surface area contributed by atoms with Crippen molar-refractivity contribution in [1.82, 2.24) is 9.13 Å². The number of primary amides is 1. The summed E-state index contributed by atoms with van der Waals surface area (Å²) < 4.78 is 15.2. The Bertz CT molecular complexity index is 1110. The molecule has 2 amide bonds. The van der Waals surface area contributed by atoms with E-state index in [1.807, 2.05) is 0 Å². The molecule has 10 heteroatoms. The summed E-state index contributed by atoms with van der Waals surface area (Å²) in [5, 5.41) is 9.19. The zero-order valence-corrected chi connectivity index (χ0v) is 15.4. The molecule has 0 spiro atoms. The van der Waals surface area contributed by atoms with Crippen molar-refractivity contribution in [2.75, 3.05) is 11.4 Å². The van der Waals surface area contributed by atoms with Gasteiger partial charge in [0, 0.05) is 30.9 Å². The molecule has 1 aromatic carbocycles. The van der Waals surface area contributed by atoms with E-state index in [4.69, 9.17) is 5.73 Å². The van der Waals surface area contributed by atoms with E-state index in [1.165, 1.54) is 22.9 Å². The Morgan fingerprint density at radius 1 is 1.24 bits per heavy atom. The zero-order valence-electron chi connectivity index (χ0n) is 15.4. The van der Waals surface area contributed by atoms with E-state index in [1.54, 1.807) is 6.07 Å². The average molecular weight is 399 g/mol. The first-order valence-corrected chi connectivity index (χ1v) is 8.92. The third kappa shape index (κ3) is 4.40. The Balaban J connectivity index is 1.97. The van der Waals surface area contributed by atoms with Crippen LogP contribution in [0.5, 0.6) is 0 Å². The van der Waals surface area contributed by atoms with Crippen LogP contribution in [-0.4, -0.2) is 27.5 Å². The number of nitrogens with two attached hydrogens (primary N) is 1. The molecule has 1 aliphatic carbocycles. The zero-order chi connectivity index (χ0) is 21.1. The van der Waals surface area contributed by atoms with Crippen molar-refractivity contribution in [3.63, 3.8) is 0 Å². The van der Waals surface area contributed by atoms with Gasteiger partial charge in [0.2, 0.25) is 11.8 Å². The lowest BCUT2D eigenvalue weighted by molar-refractivity contribution is -0.119. The van der Waals surface area contributed by atoms with Crippen LogP contribution in [0, 0.1) is 17.1 Å². The Morgan fingerprint density at radius 2 is 1.90 bits per heavy atom. The van der Waals surface area contributed by atoms with Gasteiger partial charge in [-0.1, -0.05) is 0 Å². The molecule has 2 N–H and O–H groups in total. The lowest BCUT2D eigenvalue weighted by Crippen LogP contribution is -2.46. The Labute approximate surface area is 164 Å². The number of aromatic nitrogens is 2. The largest absolute Gasteiger partial charge is 0.370 e. The van der Waals surface area contributed by atoms with Gasteiger partial charge >= 0.3 is 5.69 Å². The number of halogens is 1. The fourth-order valence-electron chi connectivity index (χ4n) is 2.91. The summed E-state index contributed by atoms with van der Waals surface area (Å²) >= 11 is 0. The van der Waals surface area contributed by atoms with Crippen LogP contribution in [0.1, 0.15) is 30.9 Å². The molecule has 3 rings (SSSR count). The molecule has 0 saturated heterocycles. The van der Waals surface area contributed by atoms with Crippen LogP contribution in [0.3, 0.4) is 0 Å². The average Bonchev–Trinajstić information content (AvgIpc) is 3.51. The van der Waals surface area contributed by atoms with Crippen molar-refractivity contribution in [1.29, 1.82) is 5.26 Å². The second-order valence-corrected chi connectivity index (χ2v) is 6.70. The highest BCUT2D eigenvalue weighted by molar-refractivity contribution is 5.93. The molecule has 1 saturated carbocycles. The third-order valence-corrected chi connectivity index (χ3v) is 4.57. The quantitative estimate of drug-likeness (QED) is 0.714. The molecule has 2 aromatic rings. The van der Waals surface area contributed by atoms with Crippen molar-refractivity contribution in [3.05, 3.63) is 62.7 Å². The summed E-state index contributed by atoms with van der Waals surface area (Å²) in [5.41, 5.74) is 3.66. The van der Waals surface area contributed by atoms with Gasteiger partial charge in [0.15, 0.2) is 0 Å². The molecule has 0 radical (unpaired) electrons. The summed E-state index contributed by atoms with van der Waals surface area (Å²) in [6.07, 6.45) is 2.55. The Morgan fingerprint density at radius 3 is 2.45 bits per heavy atom. The van der Waals surface area contributed by atoms with Gasteiger partial charge in [0.1, 0.15) is 24.0 Å². The van der Waals surface area contributed by atoms with Crippen molar-refractivity contribution in [2.24, 2.45) is 5.73 Å². The van der Waals surface area contributed by atoms with Crippen LogP contribution in [0.2, 0.25) is 0 Å².